The second kappa shape index (κ2) is 10.7. The van der Waals surface area contributed by atoms with Gasteiger partial charge in [0.2, 0.25) is 0 Å². The summed E-state index contributed by atoms with van der Waals surface area (Å²) >= 11 is 0. The first-order valence-corrected chi connectivity index (χ1v) is 11.3. The van der Waals surface area contributed by atoms with Crippen molar-refractivity contribution in [1.29, 1.82) is 0 Å². The predicted octanol–water partition coefficient (Wildman–Crippen LogP) is 4.91. The highest BCUT2D eigenvalue weighted by atomic mass is 19.4. The van der Waals surface area contributed by atoms with E-state index in [9.17, 15) is 44.7 Å². The van der Waals surface area contributed by atoms with Gasteiger partial charge in [0.1, 0.15) is 12.0 Å². The van der Waals surface area contributed by atoms with E-state index >= 15 is 0 Å². The van der Waals surface area contributed by atoms with E-state index in [1.54, 1.807) is 5.10 Å². The van der Waals surface area contributed by atoms with Crippen LogP contribution in [0.15, 0.2) is 52.6 Å². The maximum Gasteiger partial charge on any atom is 0.425 e. The van der Waals surface area contributed by atoms with Crippen LogP contribution in [0.4, 0.5) is 35.1 Å². The fourth-order valence-corrected chi connectivity index (χ4v) is 3.89. The first kappa shape index (κ1) is 28.6. The van der Waals surface area contributed by atoms with Crippen LogP contribution in [0.1, 0.15) is 24.5 Å². The Labute approximate surface area is 218 Å². The van der Waals surface area contributed by atoms with E-state index < -0.39 is 71.4 Å². The molecule has 0 saturated carbocycles. The van der Waals surface area contributed by atoms with Crippen molar-refractivity contribution >= 4 is 10.8 Å². The summed E-state index contributed by atoms with van der Waals surface area (Å²) < 4.78 is 113. The van der Waals surface area contributed by atoms with E-state index in [4.69, 9.17) is 4.74 Å². The van der Waals surface area contributed by atoms with Gasteiger partial charge in [0.05, 0.1) is 35.4 Å². The highest BCUT2D eigenvalue weighted by molar-refractivity contribution is 5.85. The molecule has 0 aliphatic carbocycles. The summed E-state index contributed by atoms with van der Waals surface area (Å²) in [5.74, 6) is -2.24. The van der Waals surface area contributed by atoms with Crippen molar-refractivity contribution in [3.05, 3.63) is 80.6 Å². The predicted molar refractivity (Wildman–Crippen MR) is 124 cm³/mol. The molecule has 16 heteroatoms. The number of aromatic nitrogens is 5. The number of pyridine rings is 1. The SMILES string of the molecule is CC(CC(F)Cn1ccc2cc(-c3ncc(C(F)(F)F)cn3)c(F)cc2c1=O)Oc1cn[nH]c(=O)c1C(F)(F)F. The van der Waals surface area contributed by atoms with Crippen molar-refractivity contribution in [2.24, 2.45) is 0 Å². The molecule has 3 heterocycles. The molecule has 2 unspecified atom stereocenters. The van der Waals surface area contributed by atoms with Gasteiger partial charge in [-0.25, -0.2) is 23.8 Å². The van der Waals surface area contributed by atoms with Crippen LogP contribution in [0, 0.1) is 5.82 Å². The lowest BCUT2D eigenvalue weighted by molar-refractivity contribution is -0.140. The Morgan fingerprint density at radius 2 is 1.70 bits per heavy atom. The molecule has 8 nitrogen and oxygen atoms in total. The van der Waals surface area contributed by atoms with Gasteiger partial charge in [-0.3, -0.25) is 9.59 Å². The molecule has 0 aliphatic rings. The zero-order chi connectivity index (χ0) is 29.4. The lowest BCUT2D eigenvalue weighted by atomic mass is 10.1. The Kier molecular flexibility index (Phi) is 7.63. The van der Waals surface area contributed by atoms with Crippen LogP contribution in [0.2, 0.25) is 0 Å². The molecule has 0 fully saturated rings. The zero-order valence-electron chi connectivity index (χ0n) is 20.1. The Hall–Kier alpha value is -4.37. The molecule has 4 aromatic rings. The smallest absolute Gasteiger partial charge is 0.425 e. The van der Waals surface area contributed by atoms with Gasteiger partial charge in [-0.2, -0.15) is 31.4 Å². The molecule has 0 amide bonds. The van der Waals surface area contributed by atoms with Crippen LogP contribution >= 0.6 is 0 Å². The monoisotopic (exact) mass is 575 g/mol. The maximum absolute atomic E-state index is 14.8. The van der Waals surface area contributed by atoms with Crippen LogP contribution in [-0.2, 0) is 18.9 Å². The van der Waals surface area contributed by atoms with Gasteiger partial charge in [0, 0.05) is 25.0 Å². The van der Waals surface area contributed by atoms with Gasteiger partial charge < -0.3 is 9.30 Å². The fraction of sp³-hybridized carbons (Fsp3) is 0.292. The number of alkyl halides is 7. The van der Waals surface area contributed by atoms with E-state index in [1.807, 2.05) is 0 Å². The topological polar surface area (TPSA) is 103 Å². The lowest BCUT2D eigenvalue weighted by Gasteiger charge is -2.19. The number of ether oxygens (including phenoxy) is 1. The number of rotatable bonds is 7. The molecule has 0 radical (unpaired) electrons. The molecule has 4 rings (SSSR count). The molecule has 3 aromatic heterocycles. The van der Waals surface area contributed by atoms with E-state index in [-0.39, 0.29) is 22.2 Å². The van der Waals surface area contributed by atoms with Crippen molar-refractivity contribution in [3.63, 3.8) is 0 Å². The molecule has 0 bridgehead atoms. The van der Waals surface area contributed by atoms with Crippen LogP contribution in [0.5, 0.6) is 5.75 Å². The maximum atomic E-state index is 14.8. The number of H-pyrrole nitrogens is 1. The van der Waals surface area contributed by atoms with Gasteiger partial charge in [0.25, 0.3) is 11.1 Å². The average Bonchev–Trinajstić information content (AvgIpc) is 2.84. The third-order valence-corrected chi connectivity index (χ3v) is 5.70. The van der Waals surface area contributed by atoms with E-state index in [2.05, 4.69) is 15.1 Å². The molecule has 0 aliphatic heterocycles. The minimum atomic E-state index is -5.05. The number of fused-ring (bicyclic) bond motifs is 1. The molecule has 0 saturated heterocycles. The van der Waals surface area contributed by atoms with Crippen LogP contribution in [0.25, 0.3) is 22.2 Å². The summed E-state index contributed by atoms with van der Waals surface area (Å²) in [4.78, 5) is 31.5. The standard InChI is InChI=1S/C24H17F8N5O3/c1-11(40-18-9-35-36-21(38)19(18)24(30,31)32)4-14(25)10-37-3-2-12-5-16(17(26)6-15(12)22(37)39)20-33-7-13(8-34-20)23(27,28)29/h2-3,5-9,11,14H,4,10H2,1H3,(H,36,38). The van der Waals surface area contributed by atoms with E-state index in [0.717, 1.165) is 16.7 Å². The van der Waals surface area contributed by atoms with Gasteiger partial charge >= 0.3 is 12.4 Å². The minimum Gasteiger partial charge on any atom is -0.488 e. The summed E-state index contributed by atoms with van der Waals surface area (Å²) in [5, 5.41) is 4.91. The number of nitrogens with one attached hydrogen (secondary N) is 1. The first-order valence-electron chi connectivity index (χ1n) is 11.3. The number of hydrogen-bond donors (Lipinski definition) is 1. The molecular weight excluding hydrogens is 558 g/mol. The van der Waals surface area contributed by atoms with Crippen molar-refractivity contribution < 1.29 is 39.9 Å². The van der Waals surface area contributed by atoms with Crippen molar-refractivity contribution in [2.45, 2.75) is 44.5 Å². The molecule has 2 atom stereocenters. The molecule has 1 N–H and O–H groups in total. The number of nitrogens with zero attached hydrogens (tertiary/aromatic N) is 4. The van der Waals surface area contributed by atoms with E-state index in [1.165, 1.54) is 19.2 Å². The second-order valence-corrected chi connectivity index (χ2v) is 8.68. The Bertz CT molecular complexity index is 1650. The third kappa shape index (κ3) is 6.10. The van der Waals surface area contributed by atoms with Gasteiger partial charge in [-0.15, -0.1) is 0 Å². The highest BCUT2D eigenvalue weighted by Crippen LogP contribution is 2.33. The minimum absolute atomic E-state index is 0.170. The van der Waals surface area contributed by atoms with Crippen LogP contribution in [-0.4, -0.2) is 37.0 Å². The number of hydrogen-bond acceptors (Lipinski definition) is 6. The Morgan fingerprint density at radius 1 is 1.02 bits per heavy atom. The summed E-state index contributed by atoms with van der Waals surface area (Å²) in [6.45, 7) is 0.699. The highest BCUT2D eigenvalue weighted by Gasteiger charge is 2.38. The number of aromatic amines is 1. The summed E-state index contributed by atoms with van der Waals surface area (Å²) in [6.07, 6.45) is -10.4. The largest absolute Gasteiger partial charge is 0.488 e. The molecule has 1 aromatic carbocycles. The van der Waals surface area contributed by atoms with Crippen molar-refractivity contribution in [2.75, 3.05) is 0 Å². The third-order valence-electron chi connectivity index (χ3n) is 5.70. The van der Waals surface area contributed by atoms with Crippen molar-refractivity contribution in [1.82, 2.24) is 24.7 Å². The summed E-state index contributed by atoms with van der Waals surface area (Å²) in [7, 11) is 0. The molecule has 40 heavy (non-hydrogen) atoms. The Balaban J connectivity index is 1.51. The summed E-state index contributed by atoms with van der Waals surface area (Å²) in [6, 6.07) is 3.33. The normalized spacial score (nSPS) is 13.8. The van der Waals surface area contributed by atoms with Crippen LogP contribution in [0.3, 0.4) is 0 Å². The van der Waals surface area contributed by atoms with Crippen molar-refractivity contribution in [3.8, 4) is 17.1 Å². The average molecular weight is 575 g/mol. The van der Waals surface area contributed by atoms with Crippen LogP contribution < -0.4 is 15.9 Å². The van der Waals surface area contributed by atoms with Gasteiger partial charge in [-0.1, -0.05) is 0 Å². The second-order valence-electron chi connectivity index (χ2n) is 8.68. The molecular formula is C24H17F8N5O3. The Morgan fingerprint density at radius 3 is 2.33 bits per heavy atom. The fourth-order valence-electron chi connectivity index (χ4n) is 3.89. The quantitative estimate of drug-likeness (QED) is 0.314. The van der Waals surface area contributed by atoms with E-state index in [0.29, 0.717) is 18.6 Å². The molecule has 0 spiro atoms. The lowest BCUT2D eigenvalue weighted by Crippen LogP contribution is -2.29. The van der Waals surface area contributed by atoms with Gasteiger partial charge in [0.15, 0.2) is 17.1 Å². The molecule has 212 valence electrons. The number of benzene rings is 1. The van der Waals surface area contributed by atoms with Gasteiger partial charge in [-0.05, 0) is 30.5 Å². The summed E-state index contributed by atoms with van der Waals surface area (Å²) in [5.41, 5.74) is -5.35. The zero-order valence-corrected chi connectivity index (χ0v) is 20.1. The first-order chi connectivity index (χ1) is 18.6. The number of halogens is 8.